The van der Waals surface area contributed by atoms with E-state index >= 15 is 0 Å². The molecule has 1 saturated heterocycles. The summed E-state index contributed by atoms with van der Waals surface area (Å²) in [5.74, 6) is 0.0467. The quantitative estimate of drug-likeness (QED) is 0.847. The zero-order chi connectivity index (χ0) is 15.2. The van der Waals surface area contributed by atoms with Crippen LogP contribution < -0.4 is 0 Å². The maximum atomic E-state index is 13.0. The van der Waals surface area contributed by atoms with Gasteiger partial charge >= 0.3 is 0 Å². The number of carbonyl (C=O) groups is 1. The van der Waals surface area contributed by atoms with Crippen molar-refractivity contribution in [1.29, 1.82) is 0 Å². The molecular formula is C13H18FNO4S. The van der Waals surface area contributed by atoms with E-state index in [1.165, 1.54) is 22.5 Å². The Balaban J connectivity index is 0.000000612. The van der Waals surface area contributed by atoms with Crippen LogP contribution in [-0.4, -0.2) is 37.4 Å². The smallest absolute Gasteiger partial charge is 0.290 e. The number of carboxylic acid groups (broad SMARTS) is 1. The zero-order valence-corrected chi connectivity index (χ0v) is 12.0. The summed E-state index contributed by atoms with van der Waals surface area (Å²) >= 11 is 0. The number of hydrogen-bond acceptors (Lipinski definition) is 3. The monoisotopic (exact) mass is 303 g/mol. The third-order valence-corrected chi connectivity index (χ3v) is 5.07. The Labute approximate surface area is 118 Å². The molecule has 0 aliphatic carbocycles. The summed E-state index contributed by atoms with van der Waals surface area (Å²) in [5.41, 5.74) is 0. The molecule has 0 bridgehead atoms. The highest BCUT2D eigenvalue weighted by Crippen LogP contribution is 2.23. The Morgan fingerprint density at radius 1 is 1.35 bits per heavy atom. The van der Waals surface area contributed by atoms with Gasteiger partial charge in [-0.05, 0) is 37.0 Å². The van der Waals surface area contributed by atoms with Crippen molar-refractivity contribution in [3.8, 4) is 0 Å². The van der Waals surface area contributed by atoms with Crippen molar-refractivity contribution >= 4 is 16.5 Å². The summed E-state index contributed by atoms with van der Waals surface area (Å²) in [4.78, 5) is 8.41. The Kier molecular flexibility index (Phi) is 6.09. The average Bonchev–Trinajstić information content (AvgIpc) is 2.40. The summed E-state index contributed by atoms with van der Waals surface area (Å²) in [6, 6.07) is 5.19. The predicted octanol–water partition coefficient (Wildman–Crippen LogP) is 1.95. The van der Waals surface area contributed by atoms with E-state index in [2.05, 4.69) is 6.92 Å². The Morgan fingerprint density at radius 3 is 2.40 bits per heavy atom. The predicted molar refractivity (Wildman–Crippen MR) is 72.2 cm³/mol. The minimum Gasteiger partial charge on any atom is -0.483 e. The maximum Gasteiger partial charge on any atom is 0.290 e. The van der Waals surface area contributed by atoms with Crippen molar-refractivity contribution in [3.05, 3.63) is 30.1 Å². The second kappa shape index (κ2) is 7.35. The first-order chi connectivity index (χ1) is 9.41. The summed E-state index contributed by atoms with van der Waals surface area (Å²) in [5, 5.41) is 6.89. The van der Waals surface area contributed by atoms with Crippen LogP contribution in [0.2, 0.25) is 0 Å². The standard InChI is InChI=1S/C12H16FNO2S.CH2O2/c1-10-5-7-14(8-6-10)17(15,16)12-4-2-3-11(13)9-12;2-1-3/h2-4,9-10H,5-8H2,1H3;1H,(H,2,3). The fourth-order valence-electron chi connectivity index (χ4n) is 2.00. The molecule has 1 aromatic rings. The first kappa shape index (κ1) is 16.6. The number of rotatable bonds is 2. The lowest BCUT2D eigenvalue weighted by molar-refractivity contribution is -0.122. The number of piperidine rings is 1. The third kappa shape index (κ3) is 4.28. The summed E-state index contributed by atoms with van der Waals surface area (Å²) in [7, 11) is -3.51. The summed E-state index contributed by atoms with van der Waals surface area (Å²) in [6.07, 6.45) is 1.74. The molecule has 0 saturated carbocycles. The molecule has 112 valence electrons. The van der Waals surface area contributed by atoms with E-state index in [9.17, 15) is 12.8 Å². The van der Waals surface area contributed by atoms with Crippen LogP contribution in [0.25, 0.3) is 0 Å². The van der Waals surface area contributed by atoms with Gasteiger partial charge in [0.2, 0.25) is 10.0 Å². The van der Waals surface area contributed by atoms with Gasteiger partial charge in [-0.25, -0.2) is 12.8 Å². The van der Waals surface area contributed by atoms with E-state index in [0.717, 1.165) is 18.9 Å². The molecule has 2 rings (SSSR count). The molecule has 1 aromatic carbocycles. The normalized spacial score (nSPS) is 17.1. The Bertz CT molecular complexity index is 539. The minimum atomic E-state index is -3.51. The lowest BCUT2D eigenvalue weighted by Crippen LogP contribution is -2.37. The number of nitrogens with zero attached hydrogens (tertiary/aromatic N) is 1. The second-order valence-electron chi connectivity index (χ2n) is 4.65. The van der Waals surface area contributed by atoms with Gasteiger partial charge < -0.3 is 5.11 Å². The maximum absolute atomic E-state index is 13.0. The number of sulfonamides is 1. The molecule has 1 fully saturated rings. The third-order valence-electron chi connectivity index (χ3n) is 3.18. The van der Waals surface area contributed by atoms with Gasteiger partial charge in [-0.15, -0.1) is 0 Å². The Morgan fingerprint density at radius 2 is 1.90 bits per heavy atom. The van der Waals surface area contributed by atoms with Crippen molar-refractivity contribution < 1.29 is 22.7 Å². The van der Waals surface area contributed by atoms with E-state index in [-0.39, 0.29) is 11.4 Å². The molecule has 1 N–H and O–H groups in total. The molecular weight excluding hydrogens is 285 g/mol. The van der Waals surface area contributed by atoms with Crippen molar-refractivity contribution in [2.45, 2.75) is 24.7 Å². The van der Waals surface area contributed by atoms with Crippen molar-refractivity contribution in [1.82, 2.24) is 4.31 Å². The molecule has 0 spiro atoms. The van der Waals surface area contributed by atoms with E-state index < -0.39 is 15.8 Å². The molecule has 0 radical (unpaired) electrons. The van der Waals surface area contributed by atoms with E-state index in [4.69, 9.17) is 9.90 Å². The van der Waals surface area contributed by atoms with Crippen molar-refractivity contribution in [2.24, 2.45) is 5.92 Å². The van der Waals surface area contributed by atoms with Gasteiger partial charge in [0, 0.05) is 13.1 Å². The van der Waals surface area contributed by atoms with Gasteiger partial charge in [0.05, 0.1) is 4.90 Å². The highest BCUT2D eigenvalue weighted by Gasteiger charge is 2.28. The van der Waals surface area contributed by atoms with Crippen LogP contribution in [0.15, 0.2) is 29.2 Å². The highest BCUT2D eigenvalue weighted by molar-refractivity contribution is 7.89. The molecule has 20 heavy (non-hydrogen) atoms. The van der Waals surface area contributed by atoms with E-state index in [1.54, 1.807) is 0 Å². The second-order valence-corrected chi connectivity index (χ2v) is 6.59. The van der Waals surface area contributed by atoms with Crippen molar-refractivity contribution in [3.63, 3.8) is 0 Å². The fraction of sp³-hybridized carbons (Fsp3) is 0.462. The molecule has 7 heteroatoms. The summed E-state index contributed by atoms with van der Waals surface area (Å²) < 4.78 is 38.9. The topological polar surface area (TPSA) is 74.7 Å². The minimum absolute atomic E-state index is 0.0482. The zero-order valence-electron chi connectivity index (χ0n) is 11.2. The van der Waals surface area contributed by atoms with Gasteiger partial charge in [0.15, 0.2) is 0 Å². The lowest BCUT2D eigenvalue weighted by atomic mass is 10.0. The largest absolute Gasteiger partial charge is 0.483 e. The number of hydrogen-bond donors (Lipinski definition) is 1. The molecule has 0 atom stereocenters. The van der Waals surface area contributed by atoms with E-state index in [1.807, 2.05) is 0 Å². The van der Waals surface area contributed by atoms with Gasteiger partial charge in [-0.1, -0.05) is 13.0 Å². The van der Waals surface area contributed by atoms with Gasteiger partial charge in [0.1, 0.15) is 5.82 Å². The van der Waals surface area contributed by atoms with Crippen LogP contribution >= 0.6 is 0 Å². The van der Waals surface area contributed by atoms with E-state index in [0.29, 0.717) is 19.0 Å². The molecule has 1 aliphatic heterocycles. The number of benzene rings is 1. The molecule has 1 heterocycles. The highest BCUT2D eigenvalue weighted by atomic mass is 32.2. The van der Waals surface area contributed by atoms with Crippen LogP contribution in [0.3, 0.4) is 0 Å². The van der Waals surface area contributed by atoms with Gasteiger partial charge in [0.25, 0.3) is 6.47 Å². The molecule has 0 amide bonds. The molecule has 0 aromatic heterocycles. The molecule has 5 nitrogen and oxygen atoms in total. The van der Waals surface area contributed by atoms with Gasteiger partial charge in [-0.3, -0.25) is 4.79 Å². The van der Waals surface area contributed by atoms with Crippen molar-refractivity contribution in [2.75, 3.05) is 13.1 Å². The molecule has 1 aliphatic rings. The van der Waals surface area contributed by atoms with Crippen LogP contribution in [0.5, 0.6) is 0 Å². The van der Waals surface area contributed by atoms with Crippen LogP contribution in [0.4, 0.5) is 4.39 Å². The SMILES string of the molecule is CC1CCN(S(=O)(=O)c2cccc(F)c2)CC1.O=CO. The average molecular weight is 303 g/mol. The lowest BCUT2D eigenvalue weighted by Gasteiger charge is -2.29. The number of halogens is 1. The van der Waals surface area contributed by atoms with Gasteiger partial charge in [-0.2, -0.15) is 4.31 Å². The first-order valence-corrected chi connectivity index (χ1v) is 7.69. The van der Waals surface area contributed by atoms with Crippen LogP contribution in [0, 0.1) is 11.7 Å². The first-order valence-electron chi connectivity index (χ1n) is 6.25. The summed E-state index contributed by atoms with van der Waals surface area (Å²) in [6.45, 7) is 2.92. The van der Waals surface area contributed by atoms with Crippen LogP contribution in [0.1, 0.15) is 19.8 Å². The Hall–Kier alpha value is -1.47. The fourth-order valence-corrected chi connectivity index (χ4v) is 3.50. The molecule has 0 unspecified atom stereocenters. The van der Waals surface area contributed by atoms with Crippen LogP contribution in [-0.2, 0) is 14.8 Å².